The van der Waals surface area contributed by atoms with Crippen molar-refractivity contribution in [1.29, 1.82) is 0 Å². The highest BCUT2D eigenvalue weighted by Gasteiger charge is 2.32. The molecule has 7 heteroatoms. The standard InChI is InChI=1S/C27H31FN2O3S/c1-29(27(32)22-12-15-34-18-22)24(16-20-6-3-4-8-23(20)28)19-10-13-30(14-11-19)17-21-7-5-9-25(33-2)26(21)31/h3-9,12,15,18-19,24,31H,10-11,13-14,16-17H2,1-2H3. The number of ether oxygens (including phenoxy) is 1. The van der Waals surface area contributed by atoms with E-state index in [0.717, 1.165) is 31.5 Å². The molecule has 1 aliphatic rings. The Morgan fingerprint density at radius 1 is 1.18 bits per heavy atom. The zero-order valence-electron chi connectivity index (χ0n) is 19.6. The SMILES string of the molecule is COc1cccc(CN2CCC(C(Cc3ccccc3F)N(C)C(=O)c3ccsc3)CC2)c1O. The lowest BCUT2D eigenvalue weighted by Crippen LogP contribution is -2.47. The van der Waals surface area contributed by atoms with E-state index in [9.17, 15) is 14.3 Å². The van der Waals surface area contributed by atoms with Crippen molar-refractivity contribution in [2.24, 2.45) is 5.92 Å². The van der Waals surface area contributed by atoms with Crippen LogP contribution in [0.1, 0.15) is 34.3 Å². The summed E-state index contributed by atoms with van der Waals surface area (Å²) in [5, 5.41) is 14.2. The Labute approximate surface area is 204 Å². The number of methoxy groups -OCH3 is 1. The summed E-state index contributed by atoms with van der Waals surface area (Å²) in [6.07, 6.45) is 2.27. The molecule has 3 aromatic rings. The molecule has 2 heterocycles. The average molecular weight is 483 g/mol. The molecule has 34 heavy (non-hydrogen) atoms. The number of rotatable bonds is 8. The van der Waals surface area contributed by atoms with Crippen LogP contribution < -0.4 is 4.74 Å². The second-order valence-electron chi connectivity index (χ2n) is 8.87. The van der Waals surface area contributed by atoms with E-state index in [1.54, 1.807) is 19.2 Å². The van der Waals surface area contributed by atoms with Crippen molar-refractivity contribution in [3.8, 4) is 11.5 Å². The number of phenols is 1. The van der Waals surface area contributed by atoms with Crippen LogP contribution in [0.5, 0.6) is 11.5 Å². The number of para-hydroxylation sites is 1. The minimum atomic E-state index is -0.227. The van der Waals surface area contributed by atoms with Crippen molar-refractivity contribution in [2.75, 3.05) is 27.2 Å². The summed E-state index contributed by atoms with van der Waals surface area (Å²) in [4.78, 5) is 17.3. The van der Waals surface area contributed by atoms with Crippen LogP contribution in [0.3, 0.4) is 0 Å². The number of aromatic hydroxyl groups is 1. The average Bonchev–Trinajstić information content (AvgIpc) is 3.40. The molecule has 1 N–H and O–H groups in total. The molecule has 1 amide bonds. The molecule has 1 aromatic heterocycles. The minimum absolute atomic E-state index is 0.0219. The van der Waals surface area contributed by atoms with Crippen molar-refractivity contribution in [3.63, 3.8) is 0 Å². The fourth-order valence-electron chi connectivity index (χ4n) is 4.85. The smallest absolute Gasteiger partial charge is 0.254 e. The van der Waals surface area contributed by atoms with Gasteiger partial charge in [-0.05, 0) is 67.4 Å². The lowest BCUT2D eigenvalue weighted by molar-refractivity contribution is 0.0583. The third kappa shape index (κ3) is 5.42. The van der Waals surface area contributed by atoms with Crippen LogP contribution in [0.4, 0.5) is 4.39 Å². The fraction of sp³-hybridized carbons (Fsp3) is 0.370. The summed E-state index contributed by atoms with van der Waals surface area (Å²) >= 11 is 1.50. The van der Waals surface area contributed by atoms with Crippen LogP contribution in [0, 0.1) is 11.7 Å². The van der Waals surface area contributed by atoms with Gasteiger partial charge in [0.05, 0.1) is 12.7 Å². The third-order valence-electron chi connectivity index (χ3n) is 6.85. The maximum Gasteiger partial charge on any atom is 0.254 e. The summed E-state index contributed by atoms with van der Waals surface area (Å²) < 4.78 is 19.7. The molecule has 4 rings (SSSR count). The molecule has 0 spiro atoms. The van der Waals surface area contributed by atoms with E-state index in [1.165, 1.54) is 17.4 Å². The van der Waals surface area contributed by atoms with Crippen LogP contribution in [0.2, 0.25) is 0 Å². The number of halogens is 1. The molecule has 1 saturated heterocycles. The Bertz CT molecular complexity index is 1100. The van der Waals surface area contributed by atoms with Gasteiger partial charge in [0.15, 0.2) is 11.5 Å². The number of amides is 1. The maximum atomic E-state index is 14.5. The molecule has 1 fully saturated rings. The predicted octanol–water partition coefficient (Wildman–Crippen LogP) is 5.20. The van der Waals surface area contributed by atoms with E-state index in [0.29, 0.717) is 29.8 Å². The van der Waals surface area contributed by atoms with Gasteiger partial charge >= 0.3 is 0 Å². The van der Waals surface area contributed by atoms with Crippen molar-refractivity contribution >= 4 is 17.2 Å². The number of phenolic OH excluding ortho intramolecular Hbond substituents is 1. The van der Waals surface area contributed by atoms with E-state index in [1.807, 2.05) is 53.0 Å². The molecular weight excluding hydrogens is 451 g/mol. The second kappa shape index (κ2) is 11.0. The Kier molecular flexibility index (Phi) is 7.85. The Morgan fingerprint density at radius 3 is 2.59 bits per heavy atom. The first-order chi connectivity index (χ1) is 16.5. The van der Waals surface area contributed by atoms with E-state index < -0.39 is 0 Å². The predicted molar refractivity (Wildman–Crippen MR) is 133 cm³/mol. The van der Waals surface area contributed by atoms with Crippen LogP contribution >= 0.6 is 11.3 Å². The minimum Gasteiger partial charge on any atom is -0.504 e. The molecule has 5 nitrogen and oxygen atoms in total. The van der Waals surface area contributed by atoms with Crippen LogP contribution in [0.25, 0.3) is 0 Å². The van der Waals surface area contributed by atoms with Gasteiger partial charge in [-0.2, -0.15) is 11.3 Å². The highest BCUT2D eigenvalue weighted by Crippen LogP contribution is 2.33. The Morgan fingerprint density at radius 2 is 1.91 bits per heavy atom. The first-order valence-corrected chi connectivity index (χ1v) is 12.5. The molecule has 1 unspecified atom stereocenters. The molecule has 180 valence electrons. The zero-order chi connectivity index (χ0) is 24.1. The first kappa shape index (κ1) is 24.2. The van der Waals surface area contributed by atoms with E-state index >= 15 is 0 Å². The molecule has 0 aliphatic carbocycles. The molecule has 0 bridgehead atoms. The van der Waals surface area contributed by atoms with Gasteiger partial charge < -0.3 is 14.7 Å². The zero-order valence-corrected chi connectivity index (χ0v) is 20.4. The Balaban J connectivity index is 1.48. The number of hydrogen-bond acceptors (Lipinski definition) is 5. The van der Waals surface area contributed by atoms with Crippen LogP contribution in [0.15, 0.2) is 59.3 Å². The van der Waals surface area contributed by atoms with Crippen LogP contribution in [-0.4, -0.2) is 54.1 Å². The number of carbonyl (C=O) groups excluding carboxylic acids is 1. The highest BCUT2D eigenvalue weighted by atomic mass is 32.1. The monoisotopic (exact) mass is 482 g/mol. The summed E-state index contributed by atoms with van der Waals surface area (Å²) in [6, 6.07) is 14.1. The highest BCUT2D eigenvalue weighted by molar-refractivity contribution is 7.08. The number of hydrogen-bond donors (Lipinski definition) is 1. The normalized spacial score (nSPS) is 15.7. The van der Waals surface area contributed by atoms with Crippen molar-refractivity contribution in [2.45, 2.75) is 31.8 Å². The van der Waals surface area contributed by atoms with Gasteiger partial charge in [-0.25, -0.2) is 4.39 Å². The Hall–Kier alpha value is -2.90. The van der Waals surface area contributed by atoms with Gasteiger partial charge in [-0.15, -0.1) is 0 Å². The molecule has 0 saturated carbocycles. The van der Waals surface area contributed by atoms with E-state index in [2.05, 4.69) is 4.90 Å². The summed E-state index contributed by atoms with van der Waals surface area (Å²) in [7, 11) is 3.39. The van der Waals surface area contributed by atoms with Gasteiger partial charge in [0.2, 0.25) is 0 Å². The van der Waals surface area contributed by atoms with Crippen molar-refractivity contribution in [3.05, 3.63) is 81.8 Å². The number of nitrogens with zero attached hydrogens (tertiary/aromatic N) is 2. The summed E-state index contributed by atoms with van der Waals surface area (Å²) in [5.74, 6) is 0.667. The number of likely N-dealkylation sites (N-methyl/N-ethyl adjacent to an activating group) is 1. The lowest BCUT2D eigenvalue weighted by Gasteiger charge is -2.40. The molecular formula is C27H31FN2O3S. The quantitative estimate of drug-likeness (QED) is 0.480. The third-order valence-corrected chi connectivity index (χ3v) is 7.53. The molecule has 2 aromatic carbocycles. The van der Waals surface area contributed by atoms with Gasteiger partial charge in [-0.3, -0.25) is 9.69 Å². The van der Waals surface area contributed by atoms with E-state index in [4.69, 9.17) is 4.74 Å². The van der Waals surface area contributed by atoms with Gasteiger partial charge in [0, 0.05) is 30.6 Å². The van der Waals surface area contributed by atoms with Gasteiger partial charge in [0.25, 0.3) is 5.91 Å². The topological polar surface area (TPSA) is 53.0 Å². The van der Waals surface area contributed by atoms with Crippen molar-refractivity contribution in [1.82, 2.24) is 9.80 Å². The van der Waals surface area contributed by atoms with Gasteiger partial charge in [-0.1, -0.05) is 30.3 Å². The maximum absolute atomic E-state index is 14.5. The molecule has 0 radical (unpaired) electrons. The molecule has 1 atom stereocenters. The molecule has 1 aliphatic heterocycles. The van der Waals surface area contributed by atoms with Crippen LogP contribution in [-0.2, 0) is 13.0 Å². The number of carbonyl (C=O) groups is 1. The number of piperidine rings is 1. The first-order valence-electron chi connectivity index (χ1n) is 11.6. The summed E-state index contributed by atoms with van der Waals surface area (Å²) in [5.41, 5.74) is 2.16. The number of likely N-dealkylation sites (tertiary alicyclic amines) is 1. The van der Waals surface area contributed by atoms with Crippen molar-refractivity contribution < 1.29 is 19.0 Å². The van der Waals surface area contributed by atoms with E-state index in [-0.39, 0.29) is 29.4 Å². The summed E-state index contributed by atoms with van der Waals surface area (Å²) in [6.45, 7) is 2.32. The largest absolute Gasteiger partial charge is 0.504 e. The van der Waals surface area contributed by atoms with Gasteiger partial charge in [0.1, 0.15) is 5.82 Å². The fourth-order valence-corrected chi connectivity index (χ4v) is 5.48. The second-order valence-corrected chi connectivity index (χ2v) is 9.65. The number of thiophene rings is 1. The number of benzene rings is 2. The lowest BCUT2D eigenvalue weighted by atomic mass is 9.84.